The summed E-state index contributed by atoms with van der Waals surface area (Å²) in [6, 6.07) is 67.1. The van der Waals surface area contributed by atoms with E-state index in [0.717, 1.165) is 67.5 Å². The van der Waals surface area contributed by atoms with E-state index in [1.807, 2.05) is 60.7 Å². The van der Waals surface area contributed by atoms with Crippen LogP contribution in [0.1, 0.15) is 0 Å². The number of nitro groups is 2. The Balaban J connectivity index is 1.05. The third kappa shape index (κ3) is 7.48. The molecule has 0 unspecified atom stereocenters. The Morgan fingerprint density at radius 3 is 0.679 bits per heavy atom. The molecule has 8 heteroatoms. The largest absolute Gasteiger partial charge is 0.311 e. The number of para-hydroxylation sites is 2. The summed E-state index contributed by atoms with van der Waals surface area (Å²) in [6.07, 6.45) is 0. The normalized spacial score (nSPS) is 10.8. The number of benzene rings is 8. The summed E-state index contributed by atoms with van der Waals surface area (Å²) in [5, 5.41) is 22.2. The van der Waals surface area contributed by atoms with Gasteiger partial charge >= 0.3 is 0 Å². The molecule has 0 aromatic heterocycles. The number of hydrogen-bond donors (Lipinski definition) is 0. The molecule has 270 valence electrons. The lowest BCUT2D eigenvalue weighted by Crippen LogP contribution is -2.10. The first-order chi connectivity index (χ1) is 27.4. The van der Waals surface area contributed by atoms with Gasteiger partial charge in [0, 0.05) is 58.4 Å². The van der Waals surface area contributed by atoms with E-state index in [2.05, 4.69) is 107 Å². The minimum Gasteiger partial charge on any atom is -0.311 e. The number of hydrogen-bond acceptors (Lipinski definition) is 6. The molecule has 56 heavy (non-hydrogen) atoms. The topological polar surface area (TPSA) is 92.8 Å². The smallest absolute Gasteiger partial charge is 0.269 e. The van der Waals surface area contributed by atoms with Gasteiger partial charge in [-0.1, -0.05) is 84.9 Å². The maximum absolute atomic E-state index is 11.1. The molecule has 0 bridgehead atoms. The van der Waals surface area contributed by atoms with E-state index in [-0.39, 0.29) is 21.2 Å². The van der Waals surface area contributed by atoms with Crippen molar-refractivity contribution < 1.29 is 9.85 Å². The molecule has 0 spiro atoms. The third-order valence-electron chi connectivity index (χ3n) is 9.69. The summed E-state index contributed by atoms with van der Waals surface area (Å²) in [5.74, 6) is 0. The number of rotatable bonds is 11. The lowest BCUT2D eigenvalue weighted by Gasteiger charge is -2.26. The second kappa shape index (κ2) is 15.6. The van der Waals surface area contributed by atoms with Crippen LogP contribution in [0.2, 0.25) is 0 Å². The maximum atomic E-state index is 11.1. The molecule has 0 aliphatic heterocycles. The van der Waals surface area contributed by atoms with Crippen molar-refractivity contribution in [3.63, 3.8) is 0 Å². The zero-order valence-corrected chi connectivity index (χ0v) is 30.1. The molecule has 8 nitrogen and oxygen atoms in total. The van der Waals surface area contributed by atoms with Crippen LogP contribution in [0.15, 0.2) is 206 Å². The molecule has 0 N–H and O–H groups in total. The van der Waals surface area contributed by atoms with Crippen molar-refractivity contribution in [1.82, 2.24) is 0 Å². The van der Waals surface area contributed by atoms with Crippen LogP contribution >= 0.6 is 0 Å². The molecular weight excluding hydrogens is 697 g/mol. The summed E-state index contributed by atoms with van der Waals surface area (Å²) in [5.41, 5.74) is 12.1. The highest BCUT2D eigenvalue weighted by Gasteiger charge is 2.16. The highest BCUT2D eigenvalue weighted by molar-refractivity contribution is 5.82. The quantitative estimate of drug-likeness (QED) is 0.0971. The second-order valence-electron chi connectivity index (χ2n) is 13.1. The molecule has 0 saturated heterocycles. The maximum Gasteiger partial charge on any atom is 0.269 e. The van der Waals surface area contributed by atoms with Crippen LogP contribution in [0.5, 0.6) is 0 Å². The lowest BCUT2D eigenvalue weighted by molar-refractivity contribution is -0.385. The van der Waals surface area contributed by atoms with Crippen LogP contribution < -0.4 is 9.80 Å². The zero-order valence-electron chi connectivity index (χ0n) is 30.1. The molecule has 8 aromatic carbocycles. The van der Waals surface area contributed by atoms with E-state index in [4.69, 9.17) is 0 Å². The van der Waals surface area contributed by atoms with Crippen LogP contribution in [0.4, 0.5) is 45.5 Å². The molecular formula is C48H34N4O4. The molecule has 0 aliphatic rings. The average molecular weight is 731 g/mol. The third-order valence-corrected chi connectivity index (χ3v) is 9.69. The first-order valence-electron chi connectivity index (χ1n) is 18.0. The van der Waals surface area contributed by atoms with E-state index in [1.165, 1.54) is 24.3 Å². The van der Waals surface area contributed by atoms with Gasteiger partial charge in [-0.15, -0.1) is 0 Å². The highest BCUT2D eigenvalue weighted by Crippen LogP contribution is 2.39. The SMILES string of the molecule is O=[N+]([O-])c1ccc(-c2ccc(N(c3ccccc3)c3ccc(-c4ccc(N(c5ccccc5)c5ccc(-c6ccc([N+](=O)[O-])cc6)cc5)cc4)cc3)cc2)cc1. The van der Waals surface area contributed by atoms with E-state index in [0.29, 0.717) is 0 Å². The van der Waals surface area contributed by atoms with Gasteiger partial charge in [-0.2, -0.15) is 0 Å². The van der Waals surface area contributed by atoms with Gasteiger partial charge in [-0.25, -0.2) is 0 Å². The average Bonchev–Trinajstić information content (AvgIpc) is 3.26. The minimum absolute atomic E-state index is 0.0690. The van der Waals surface area contributed by atoms with E-state index >= 15 is 0 Å². The Hall–Kier alpha value is -7.84. The van der Waals surface area contributed by atoms with Crippen LogP contribution in [-0.4, -0.2) is 9.85 Å². The Kier molecular flexibility index (Phi) is 9.83. The van der Waals surface area contributed by atoms with Gasteiger partial charge in [0.25, 0.3) is 11.4 Å². The van der Waals surface area contributed by atoms with Crippen molar-refractivity contribution in [2.24, 2.45) is 0 Å². The van der Waals surface area contributed by atoms with Gasteiger partial charge in [0.05, 0.1) is 9.85 Å². The van der Waals surface area contributed by atoms with Crippen molar-refractivity contribution in [1.29, 1.82) is 0 Å². The molecule has 0 radical (unpaired) electrons. The fraction of sp³-hybridized carbons (Fsp3) is 0. The monoisotopic (exact) mass is 730 g/mol. The molecule has 0 heterocycles. The molecule has 0 aliphatic carbocycles. The first-order valence-corrected chi connectivity index (χ1v) is 18.0. The molecule has 0 fully saturated rings. The highest BCUT2D eigenvalue weighted by atomic mass is 16.6. The Bertz CT molecular complexity index is 2390. The van der Waals surface area contributed by atoms with Crippen molar-refractivity contribution in [2.45, 2.75) is 0 Å². The number of nitrogens with zero attached hydrogens (tertiary/aromatic N) is 4. The summed E-state index contributed by atoms with van der Waals surface area (Å²) in [6.45, 7) is 0. The minimum atomic E-state index is -0.389. The Morgan fingerprint density at radius 2 is 0.464 bits per heavy atom. The molecule has 8 aromatic rings. The van der Waals surface area contributed by atoms with E-state index < -0.39 is 0 Å². The molecule has 0 atom stereocenters. The van der Waals surface area contributed by atoms with Gasteiger partial charge in [0.2, 0.25) is 0 Å². The predicted octanol–water partition coefficient (Wildman–Crippen LogP) is 13.4. The number of anilines is 6. The fourth-order valence-electron chi connectivity index (χ4n) is 6.81. The molecule has 0 amide bonds. The van der Waals surface area contributed by atoms with Gasteiger partial charge in [-0.3, -0.25) is 20.2 Å². The standard InChI is InChI=1S/C48H34N4O4/c53-51(54)47-31-19-39(20-32-47)37-15-27-45(28-16-37)49(41-7-3-1-4-8-41)43-23-11-35(12-24-43)36-13-25-44(26-14-36)50(42-9-5-2-6-10-42)46-29-17-38(18-30-46)40-21-33-48(34-22-40)52(55)56/h1-34H. The number of nitro benzene ring substituents is 2. The summed E-state index contributed by atoms with van der Waals surface area (Å²) in [4.78, 5) is 25.9. The van der Waals surface area contributed by atoms with E-state index in [9.17, 15) is 20.2 Å². The summed E-state index contributed by atoms with van der Waals surface area (Å²) < 4.78 is 0. The van der Waals surface area contributed by atoms with Crippen molar-refractivity contribution in [3.8, 4) is 33.4 Å². The Labute approximate surface area is 324 Å². The second-order valence-corrected chi connectivity index (χ2v) is 13.1. The first kappa shape index (κ1) is 35.2. The molecule has 8 rings (SSSR count). The van der Waals surface area contributed by atoms with Crippen LogP contribution in [-0.2, 0) is 0 Å². The Morgan fingerprint density at radius 1 is 0.268 bits per heavy atom. The van der Waals surface area contributed by atoms with Gasteiger partial charge in [0.1, 0.15) is 0 Å². The lowest BCUT2D eigenvalue weighted by atomic mass is 10.0. The van der Waals surface area contributed by atoms with E-state index in [1.54, 1.807) is 24.3 Å². The van der Waals surface area contributed by atoms with Crippen molar-refractivity contribution in [2.75, 3.05) is 9.80 Å². The fourth-order valence-corrected chi connectivity index (χ4v) is 6.81. The van der Waals surface area contributed by atoms with Gasteiger partial charge < -0.3 is 9.80 Å². The van der Waals surface area contributed by atoms with Crippen LogP contribution in [0.3, 0.4) is 0 Å². The van der Waals surface area contributed by atoms with Crippen LogP contribution in [0, 0.1) is 20.2 Å². The summed E-state index contributed by atoms with van der Waals surface area (Å²) >= 11 is 0. The predicted molar refractivity (Wildman–Crippen MR) is 225 cm³/mol. The van der Waals surface area contributed by atoms with Gasteiger partial charge in [-0.05, 0) is 130 Å². The van der Waals surface area contributed by atoms with Crippen molar-refractivity contribution in [3.05, 3.63) is 226 Å². The zero-order chi connectivity index (χ0) is 38.4. The molecule has 0 saturated carbocycles. The van der Waals surface area contributed by atoms with Crippen LogP contribution in [0.25, 0.3) is 33.4 Å². The number of non-ortho nitro benzene ring substituents is 2. The van der Waals surface area contributed by atoms with Crippen molar-refractivity contribution >= 4 is 45.5 Å². The van der Waals surface area contributed by atoms with Gasteiger partial charge in [0.15, 0.2) is 0 Å². The summed E-state index contributed by atoms with van der Waals surface area (Å²) in [7, 11) is 0.